The fraction of sp³-hybridized carbons (Fsp3) is 0.500. The van der Waals surface area contributed by atoms with Crippen molar-refractivity contribution in [3.8, 4) is 0 Å². The van der Waals surface area contributed by atoms with Gasteiger partial charge < -0.3 is 10.6 Å². The van der Waals surface area contributed by atoms with E-state index < -0.39 is 0 Å². The fourth-order valence-corrected chi connectivity index (χ4v) is 2.87. The number of halogens is 1. The first kappa shape index (κ1) is 16.3. The molecule has 2 N–H and O–H groups in total. The number of carbonyl (C=O) groups excluding carboxylic acids is 1. The monoisotopic (exact) mass is 300 g/mol. The van der Waals surface area contributed by atoms with Crippen LogP contribution in [-0.2, 0) is 0 Å². The first-order chi connectivity index (χ1) is 8.64. The molecule has 1 aliphatic rings. The van der Waals surface area contributed by atoms with Gasteiger partial charge in [-0.3, -0.25) is 4.79 Å². The summed E-state index contributed by atoms with van der Waals surface area (Å²) >= 11 is 1.61. The summed E-state index contributed by atoms with van der Waals surface area (Å²) in [6, 6.07) is 7.77. The van der Waals surface area contributed by atoms with Crippen molar-refractivity contribution in [3.63, 3.8) is 0 Å². The smallest absolute Gasteiger partial charge is 0.252 e. The third-order valence-electron chi connectivity index (χ3n) is 3.47. The molecule has 5 heteroatoms. The van der Waals surface area contributed by atoms with Gasteiger partial charge in [-0.1, -0.05) is 12.1 Å². The van der Waals surface area contributed by atoms with Crippen LogP contribution in [0.15, 0.2) is 29.2 Å². The molecule has 1 heterocycles. The van der Waals surface area contributed by atoms with Crippen LogP contribution >= 0.6 is 24.2 Å². The third-order valence-corrected chi connectivity index (χ3v) is 4.27. The lowest BCUT2D eigenvalue weighted by Crippen LogP contribution is -2.52. The molecule has 2 rings (SSSR count). The van der Waals surface area contributed by atoms with Crippen LogP contribution in [-0.4, -0.2) is 30.8 Å². The van der Waals surface area contributed by atoms with Crippen molar-refractivity contribution in [3.05, 3.63) is 29.8 Å². The van der Waals surface area contributed by atoms with Crippen LogP contribution in [0.4, 0.5) is 0 Å². The maximum atomic E-state index is 12.4. The Hall–Kier alpha value is -0.710. The maximum Gasteiger partial charge on any atom is 0.252 e. The molecule has 0 radical (unpaired) electrons. The molecule has 0 aliphatic carbocycles. The zero-order valence-corrected chi connectivity index (χ0v) is 13.0. The first-order valence-corrected chi connectivity index (χ1v) is 7.53. The van der Waals surface area contributed by atoms with Gasteiger partial charge in [-0.05, 0) is 51.2 Å². The first-order valence-electron chi connectivity index (χ1n) is 6.31. The van der Waals surface area contributed by atoms with E-state index in [-0.39, 0.29) is 23.9 Å². The van der Waals surface area contributed by atoms with Crippen molar-refractivity contribution in [2.45, 2.75) is 30.2 Å². The Kier molecular flexibility index (Phi) is 6.17. The summed E-state index contributed by atoms with van der Waals surface area (Å²) in [6.07, 6.45) is 3.97. The van der Waals surface area contributed by atoms with E-state index in [1.54, 1.807) is 11.8 Å². The third kappa shape index (κ3) is 4.13. The normalized spacial score (nSPS) is 17.4. The second-order valence-corrected chi connectivity index (χ2v) is 5.81. The highest BCUT2D eigenvalue weighted by Crippen LogP contribution is 2.22. The molecule has 0 aromatic heterocycles. The van der Waals surface area contributed by atoms with Gasteiger partial charge in [0.25, 0.3) is 5.91 Å². The van der Waals surface area contributed by atoms with Gasteiger partial charge >= 0.3 is 0 Å². The average Bonchev–Trinajstić information content (AvgIpc) is 2.39. The Morgan fingerprint density at radius 1 is 1.32 bits per heavy atom. The number of carbonyl (C=O) groups is 1. The highest BCUT2D eigenvalue weighted by atomic mass is 35.5. The molecule has 3 nitrogen and oxygen atoms in total. The molecule has 19 heavy (non-hydrogen) atoms. The molecule has 1 amide bonds. The van der Waals surface area contributed by atoms with Gasteiger partial charge in [0, 0.05) is 10.4 Å². The number of thioether (sulfide) groups is 1. The van der Waals surface area contributed by atoms with Crippen molar-refractivity contribution in [2.24, 2.45) is 0 Å². The number of nitrogens with one attached hydrogen (secondary N) is 2. The number of hydrogen-bond donors (Lipinski definition) is 2. The molecule has 1 saturated heterocycles. The van der Waals surface area contributed by atoms with Crippen molar-refractivity contribution in [1.82, 2.24) is 10.6 Å². The summed E-state index contributed by atoms with van der Waals surface area (Å²) in [5, 5.41) is 6.51. The standard InChI is InChI=1S/C14H20N2OS.ClH/c1-14(7-9-15-10-8-14)16-13(17)11-5-3-4-6-12(11)18-2;/h3-6,15H,7-10H2,1-2H3,(H,16,17);1H. The Balaban J connectivity index is 0.00000180. The number of piperidine rings is 1. The van der Waals surface area contributed by atoms with Crippen LogP contribution in [0, 0.1) is 0 Å². The van der Waals surface area contributed by atoms with Crippen molar-refractivity contribution in [1.29, 1.82) is 0 Å². The molecule has 1 aromatic rings. The highest BCUT2D eigenvalue weighted by Gasteiger charge is 2.29. The predicted molar refractivity (Wildman–Crippen MR) is 83.4 cm³/mol. The van der Waals surface area contributed by atoms with Crippen LogP contribution in [0.5, 0.6) is 0 Å². The number of rotatable bonds is 3. The molecule has 0 bridgehead atoms. The van der Waals surface area contributed by atoms with Crippen molar-refractivity contribution in [2.75, 3.05) is 19.3 Å². The summed E-state index contributed by atoms with van der Waals surface area (Å²) < 4.78 is 0. The van der Waals surface area contributed by atoms with Gasteiger partial charge in [0.2, 0.25) is 0 Å². The molecular formula is C14H21ClN2OS. The summed E-state index contributed by atoms with van der Waals surface area (Å²) in [6.45, 7) is 4.08. The Morgan fingerprint density at radius 2 is 1.95 bits per heavy atom. The maximum absolute atomic E-state index is 12.4. The minimum absolute atomic E-state index is 0. The molecule has 106 valence electrons. The number of amides is 1. The van der Waals surface area contributed by atoms with Crippen LogP contribution in [0.2, 0.25) is 0 Å². The topological polar surface area (TPSA) is 41.1 Å². The number of hydrogen-bond acceptors (Lipinski definition) is 3. The lowest BCUT2D eigenvalue weighted by Gasteiger charge is -2.35. The molecular weight excluding hydrogens is 280 g/mol. The van der Waals surface area contributed by atoms with E-state index in [1.807, 2.05) is 30.5 Å². The molecule has 0 atom stereocenters. The molecule has 0 spiro atoms. The van der Waals surface area contributed by atoms with E-state index in [2.05, 4.69) is 17.6 Å². The summed E-state index contributed by atoms with van der Waals surface area (Å²) in [4.78, 5) is 13.4. The molecule has 0 unspecified atom stereocenters. The van der Waals surface area contributed by atoms with E-state index >= 15 is 0 Å². The van der Waals surface area contributed by atoms with E-state index in [0.29, 0.717) is 0 Å². The van der Waals surface area contributed by atoms with E-state index in [1.165, 1.54) is 0 Å². The van der Waals surface area contributed by atoms with Gasteiger partial charge in [0.05, 0.1) is 5.56 Å². The summed E-state index contributed by atoms with van der Waals surface area (Å²) in [5.41, 5.74) is 0.707. The molecule has 1 aromatic carbocycles. The zero-order chi connectivity index (χ0) is 13.0. The summed E-state index contributed by atoms with van der Waals surface area (Å²) in [7, 11) is 0. The van der Waals surface area contributed by atoms with Crippen molar-refractivity contribution >= 4 is 30.1 Å². The zero-order valence-electron chi connectivity index (χ0n) is 11.4. The fourth-order valence-electron chi connectivity index (χ4n) is 2.28. The Bertz CT molecular complexity index is 433. The van der Waals surface area contributed by atoms with Crippen molar-refractivity contribution < 1.29 is 4.79 Å². The highest BCUT2D eigenvalue weighted by molar-refractivity contribution is 7.98. The molecule has 1 fully saturated rings. The largest absolute Gasteiger partial charge is 0.347 e. The van der Waals surface area contributed by atoms with Crippen LogP contribution < -0.4 is 10.6 Å². The minimum atomic E-state index is -0.0755. The van der Waals surface area contributed by atoms with E-state index in [0.717, 1.165) is 36.4 Å². The van der Waals surface area contributed by atoms with Crippen LogP contribution in [0.1, 0.15) is 30.1 Å². The molecule has 1 aliphatic heterocycles. The van der Waals surface area contributed by atoms with Crippen LogP contribution in [0.3, 0.4) is 0 Å². The lowest BCUT2D eigenvalue weighted by molar-refractivity contribution is 0.0884. The average molecular weight is 301 g/mol. The van der Waals surface area contributed by atoms with Gasteiger partial charge in [0.1, 0.15) is 0 Å². The summed E-state index contributed by atoms with van der Waals surface area (Å²) in [5.74, 6) is 0.0457. The van der Waals surface area contributed by atoms with Gasteiger partial charge in [-0.15, -0.1) is 24.2 Å². The Labute approximate surface area is 125 Å². The van der Waals surface area contributed by atoms with E-state index in [9.17, 15) is 4.79 Å². The Morgan fingerprint density at radius 3 is 2.58 bits per heavy atom. The second-order valence-electron chi connectivity index (χ2n) is 4.97. The van der Waals surface area contributed by atoms with Gasteiger partial charge in [-0.2, -0.15) is 0 Å². The number of benzene rings is 1. The quantitative estimate of drug-likeness (QED) is 0.843. The molecule has 0 saturated carbocycles. The predicted octanol–water partition coefficient (Wildman–Crippen LogP) is 2.70. The van der Waals surface area contributed by atoms with Crippen LogP contribution in [0.25, 0.3) is 0 Å². The van der Waals surface area contributed by atoms with E-state index in [4.69, 9.17) is 0 Å². The minimum Gasteiger partial charge on any atom is -0.347 e. The lowest BCUT2D eigenvalue weighted by atomic mass is 9.90. The second kappa shape index (κ2) is 7.17. The van der Waals surface area contributed by atoms with Gasteiger partial charge in [-0.25, -0.2) is 0 Å². The van der Waals surface area contributed by atoms with Gasteiger partial charge in [0.15, 0.2) is 0 Å². The SMILES string of the molecule is CSc1ccccc1C(=O)NC1(C)CCNCC1.Cl.